The molecule has 0 fully saturated rings. The average Bonchev–Trinajstić information content (AvgIpc) is 2.56. The molecular weight excluding hydrogens is 296 g/mol. The summed E-state index contributed by atoms with van der Waals surface area (Å²) in [5.41, 5.74) is 1.22. The Morgan fingerprint density at radius 1 is 1.00 bits per heavy atom. The number of nitrogens with zero attached hydrogens (tertiary/aromatic N) is 2. The molecule has 1 aromatic heterocycles. The fraction of sp³-hybridized carbons (Fsp3) is 0.250. The number of benzene rings is 1. The minimum atomic E-state index is -0.387. The van der Waals surface area contributed by atoms with E-state index in [0.717, 1.165) is 5.69 Å². The summed E-state index contributed by atoms with van der Waals surface area (Å²) in [6, 6.07) is 10.2. The van der Waals surface area contributed by atoms with E-state index >= 15 is 0 Å². The van der Waals surface area contributed by atoms with Gasteiger partial charge in [0.25, 0.3) is 0 Å². The van der Waals surface area contributed by atoms with Gasteiger partial charge in [0.2, 0.25) is 5.91 Å². The van der Waals surface area contributed by atoms with E-state index in [1.807, 2.05) is 0 Å². The maximum Gasteiger partial charge on any atom is 0.337 e. The summed E-state index contributed by atoms with van der Waals surface area (Å²) in [6.07, 6.45) is 0. The highest BCUT2D eigenvalue weighted by Gasteiger charge is 2.08. The number of carbonyl (C=O) groups excluding carboxylic acids is 2. The number of nitrogens with one attached hydrogen (secondary N) is 2. The Bertz CT molecular complexity index is 681. The van der Waals surface area contributed by atoms with Gasteiger partial charge in [-0.15, -0.1) is 10.2 Å². The van der Waals surface area contributed by atoms with Crippen molar-refractivity contribution in [2.45, 2.75) is 13.8 Å². The van der Waals surface area contributed by atoms with Crippen molar-refractivity contribution in [3.05, 3.63) is 42.0 Å². The quantitative estimate of drug-likeness (QED) is 0.824. The second-order valence-electron chi connectivity index (χ2n) is 5.14. The average molecular weight is 314 g/mol. The summed E-state index contributed by atoms with van der Waals surface area (Å²) < 4.78 is 4.64. The Hall–Kier alpha value is -2.96. The summed E-state index contributed by atoms with van der Waals surface area (Å²) in [7, 11) is 1.34. The Kier molecular flexibility index (Phi) is 5.24. The number of aromatic nitrogens is 2. The molecule has 2 rings (SSSR count). The van der Waals surface area contributed by atoms with Gasteiger partial charge in [0.1, 0.15) is 0 Å². The first kappa shape index (κ1) is 16.4. The molecule has 1 amide bonds. The van der Waals surface area contributed by atoms with E-state index in [4.69, 9.17) is 0 Å². The molecule has 0 aliphatic carbocycles. The Labute approximate surface area is 134 Å². The molecule has 0 bridgehead atoms. The van der Waals surface area contributed by atoms with Crippen LogP contribution >= 0.6 is 0 Å². The molecule has 2 N–H and O–H groups in total. The monoisotopic (exact) mass is 314 g/mol. The fourth-order valence-corrected chi connectivity index (χ4v) is 1.69. The van der Waals surface area contributed by atoms with Crippen LogP contribution in [0.4, 0.5) is 17.3 Å². The highest BCUT2D eigenvalue weighted by atomic mass is 16.5. The molecule has 0 radical (unpaired) electrons. The SMILES string of the molecule is COC(=O)c1ccc(Nc2ccc(NC(=O)C(C)C)nn2)cc1. The lowest BCUT2D eigenvalue weighted by Gasteiger charge is -2.08. The highest BCUT2D eigenvalue weighted by Crippen LogP contribution is 2.16. The van der Waals surface area contributed by atoms with Crippen molar-refractivity contribution >= 4 is 29.2 Å². The van der Waals surface area contributed by atoms with Crippen LogP contribution in [0.15, 0.2) is 36.4 Å². The molecule has 0 saturated carbocycles. The molecule has 0 atom stereocenters. The van der Waals surface area contributed by atoms with Crippen LogP contribution in [0.5, 0.6) is 0 Å². The first-order valence-corrected chi connectivity index (χ1v) is 7.09. The van der Waals surface area contributed by atoms with Gasteiger partial charge in [-0.25, -0.2) is 4.79 Å². The molecular formula is C16H18N4O3. The summed E-state index contributed by atoms with van der Waals surface area (Å²) >= 11 is 0. The van der Waals surface area contributed by atoms with E-state index in [1.54, 1.807) is 50.2 Å². The molecule has 0 aliphatic heterocycles. The third kappa shape index (κ3) is 4.50. The molecule has 23 heavy (non-hydrogen) atoms. The summed E-state index contributed by atoms with van der Waals surface area (Å²) in [5, 5.41) is 13.7. The third-order valence-electron chi connectivity index (χ3n) is 3.02. The third-order valence-corrected chi connectivity index (χ3v) is 3.02. The normalized spacial score (nSPS) is 10.3. The van der Waals surface area contributed by atoms with Gasteiger partial charge in [-0.05, 0) is 36.4 Å². The number of methoxy groups -OCH3 is 1. The van der Waals surface area contributed by atoms with Crippen LogP contribution in [-0.4, -0.2) is 29.2 Å². The van der Waals surface area contributed by atoms with Gasteiger partial charge in [0.15, 0.2) is 11.6 Å². The van der Waals surface area contributed by atoms with E-state index < -0.39 is 0 Å². The number of hydrogen-bond donors (Lipinski definition) is 2. The topological polar surface area (TPSA) is 93.2 Å². The maximum absolute atomic E-state index is 11.6. The van der Waals surface area contributed by atoms with Crippen molar-refractivity contribution in [1.82, 2.24) is 10.2 Å². The Morgan fingerprint density at radius 2 is 1.61 bits per heavy atom. The molecule has 1 aromatic carbocycles. The van der Waals surface area contributed by atoms with Crippen molar-refractivity contribution in [1.29, 1.82) is 0 Å². The van der Waals surface area contributed by atoms with E-state index in [0.29, 0.717) is 17.2 Å². The van der Waals surface area contributed by atoms with E-state index in [2.05, 4.69) is 25.6 Å². The van der Waals surface area contributed by atoms with Gasteiger partial charge in [0.05, 0.1) is 12.7 Å². The number of hydrogen-bond acceptors (Lipinski definition) is 6. The van der Waals surface area contributed by atoms with Crippen LogP contribution in [-0.2, 0) is 9.53 Å². The van der Waals surface area contributed by atoms with Crippen LogP contribution in [0.1, 0.15) is 24.2 Å². The van der Waals surface area contributed by atoms with Crippen molar-refractivity contribution in [3.63, 3.8) is 0 Å². The van der Waals surface area contributed by atoms with Gasteiger partial charge in [-0.1, -0.05) is 13.8 Å². The van der Waals surface area contributed by atoms with Gasteiger partial charge in [-0.2, -0.15) is 0 Å². The molecule has 0 unspecified atom stereocenters. The molecule has 0 spiro atoms. The number of esters is 1. The lowest BCUT2D eigenvalue weighted by Crippen LogP contribution is -2.18. The van der Waals surface area contributed by atoms with Crippen molar-refractivity contribution < 1.29 is 14.3 Å². The van der Waals surface area contributed by atoms with E-state index in [-0.39, 0.29) is 17.8 Å². The number of carbonyl (C=O) groups is 2. The summed E-state index contributed by atoms with van der Waals surface area (Å²) in [6.45, 7) is 3.60. The van der Waals surface area contributed by atoms with Crippen LogP contribution in [0.3, 0.4) is 0 Å². The molecule has 0 saturated heterocycles. The largest absolute Gasteiger partial charge is 0.465 e. The zero-order valence-corrected chi connectivity index (χ0v) is 13.2. The zero-order valence-electron chi connectivity index (χ0n) is 13.2. The minimum absolute atomic E-state index is 0.113. The maximum atomic E-state index is 11.6. The van der Waals surface area contributed by atoms with Crippen LogP contribution in [0, 0.1) is 5.92 Å². The Balaban J connectivity index is 2.00. The zero-order chi connectivity index (χ0) is 16.8. The molecule has 2 aromatic rings. The molecule has 120 valence electrons. The van der Waals surface area contributed by atoms with Crippen LogP contribution < -0.4 is 10.6 Å². The molecule has 7 heteroatoms. The minimum Gasteiger partial charge on any atom is -0.465 e. The number of ether oxygens (including phenoxy) is 1. The van der Waals surface area contributed by atoms with E-state index in [9.17, 15) is 9.59 Å². The van der Waals surface area contributed by atoms with Crippen molar-refractivity contribution in [2.24, 2.45) is 5.92 Å². The van der Waals surface area contributed by atoms with E-state index in [1.165, 1.54) is 7.11 Å². The second kappa shape index (κ2) is 7.35. The standard InChI is InChI=1S/C16H18N4O3/c1-10(2)15(21)18-14-9-8-13(19-20-14)17-12-6-4-11(5-7-12)16(22)23-3/h4-10H,1-3H3,(H,17,19)(H,18,20,21). The number of rotatable bonds is 5. The lowest BCUT2D eigenvalue weighted by molar-refractivity contribution is -0.118. The van der Waals surface area contributed by atoms with Gasteiger partial charge < -0.3 is 15.4 Å². The lowest BCUT2D eigenvalue weighted by atomic mass is 10.2. The second-order valence-corrected chi connectivity index (χ2v) is 5.14. The van der Waals surface area contributed by atoms with Gasteiger partial charge >= 0.3 is 5.97 Å². The highest BCUT2D eigenvalue weighted by molar-refractivity contribution is 5.91. The van der Waals surface area contributed by atoms with Gasteiger partial charge in [0, 0.05) is 11.6 Å². The van der Waals surface area contributed by atoms with Crippen molar-refractivity contribution in [2.75, 3.05) is 17.7 Å². The number of amides is 1. The first-order chi connectivity index (χ1) is 11.0. The van der Waals surface area contributed by atoms with Crippen LogP contribution in [0.2, 0.25) is 0 Å². The summed E-state index contributed by atoms with van der Waals surface area (Å²) in [5.74, 6) is 0.302. The van der Waals surface area contributed by atoms with Crippen molar-refractivity contribution in [3.8, 4) is 0 Å². The molecule has 1 heterocycles. The fourth-order valence-electron chi connectivity index (χ4n) is 1.69. The van der Waals surface area contributed by atoms with Gasteiger partial charge in [-0.3, -0.25) is 4.79 Å². The molecule has 0 aliphatic rings. The Morgan fingerprint density at radius 3 is 2.13 bits per heavy atom. The predicted molar refractivity (Wildman–Crippen MR) is 86.6 cm³/mol. The first-order valence-electron chi connectivity index (χ1n) is 7.09. The van der Waals surface area contributed by atoms with Crippen LogP contribution in [0.25, 0.3) is 0 Å². The molecule has 7 nitrogen and oxygen atoms in total. The predicted octanol–water partition coefficient (Wildman–Crippen LogP) is 2.60. The smallest absolute Gasteiger partial charge is 0.337 e. The summed E-state index contributed by atoms with van der Waals surface area (Å²) in [4.78, 5) is 22.9. The number of anilines is 3.